The van der Waals surface area contributed by atoms with Crippen LogP contribution in [0.15, 0.2) is 24.0 Å². The van der Waals surface area contributed by atoms with Gasteiger partial charge >= 0.3 is 5.97 Å². The zero-order chi connectivity index (χ0) is 16.0. The average Bonchev–Trinajstić information content (AvgIpc) is 2.48. The van der Waals surface area contributed by atoms with E-state index in [1.807, 2.05) is 0 Å². The van der Waals surface area contributed by atoms with Crippen LogP contribution in [-0.2, 0) is 4.74 Å². The molecule has 0 bridgehead atoms. The predicted octanol–water partition coefficient (Wildman–Crippen LogP) is 7.11. The lowest BCUT2D eigenvalue weighted by molar-refractivity contribution is 0.0427. The van der Waals surface area contributed by atoms with Crippen molar-refractivity contribution in [2.24, 2.45) is 5.92 Å². The van der Waals surface area contributed by atoms with Gasteiger partial charge in [-0.25, -0.2) is 4.79 Å². The molecule has 1 unspecified atom stereocenters. The van der Waals surface area contributed by atoms with Gasteiger partial charge in [-0.15, -0.1) is 0 Å². The van der Waals surface area contributed by atoms with E-state index in [1.54, 1.807) is 6.07 Å². The van der Waals surface area contributed by atoms with E-state index in [1.165, 1.54) is 12.8 Å². The molecule has 0 aliphatic rings. The van der Waals surface area contributed by atoms with Gasteiger partial charge in [-0.2, -0.15) is 0 Å². The van der Waals surface area contributed by atoms with Crippen LogP contribution in [0, 0.1) is 5.92 Å². The zero-order valence-corrected chi connectivity index (χ0v) is 18.4. The van der Waals surface area contributed by atoms with E-state index < -0.39 is 0 Å². The van der Waals surface area contributed by atoms with Crippen molar-refractivity contribution in [2.75, 3.05) is 6.61 Å². The highest BCUT2D eigenvalue weighted by atomic mass is 79.9. The lowest BCUT2D eigenvalue weighted by Crippen LogP contribution is -2.14. The number of benzene rings is 1. The number of rotatable bonds is 7. The van der Waals surface area contributed by atoms with E-state index in [-0.39, 0.29) is 5.97 Å². The van der Waals surface area contributed by atoms with Crippen molar-refractivity contribution in [3.8, 4) is 0 Å². The van der Waals surface area contributed by atoms with Crippen molar-refractivity contribution in [3.05, 3.63) is 29.5 Å². The second kappa shape index (κ2) is 9.68. The van der Waals surface area contributed by atoms with E-state index in [0.29, 0.717) is 22.6 Å². The summed E-state index contributed by atoms with van der Waals surface area (Å²) >= 11 is 13.7. The van der Waals surface area contributed by atoms with Crippen LogP contribution >= 0.6 is 63.7 Å². The fourth-order valence-electron chi connectivity index (χ4n) is 1.89. The number of hydrogen-bond donors (Lipinski definition) is 0. The van der Waals surface area contributed by atoms with E-state index in [0.717, 1.165) is 26.3 Å². The number of halogens is 4. The van der Waals surface area contributed by atoms with Crippen molar-refractivity contribution in [1.82, 2.24) is 0 Å². The third-order valence-electron chi connectivity index (χ3n) is 3.32. The Kier molecular flexibility index (Phi) is 9.06. The SMILES string of the molecule is CCCCC(CC)COC(=O)c1cc(Br)c(Br)c(Br)c1Br. The lowest BCUT2D eigenvalue weighted by atomic mass is 10.0. The standard InChI is InChI=1S/C15H18Br4O2/c1-3-5-6-9(4-2)8-21-15(20)10-7-11(16)13(18)14(19)12(10)17/h7,9H,3-6,8H2,1-2H3. The number of esters is 1. The van der Waals surface area contributed by atoms with Crippen LogP contribution in [0.2, 0.25) is 0 Å². The topological polar surface area (TPSA) is 26.3 Å². The van der Waals surface area contributed by atoms with E-state index in [4.69, 9.17) is 4.74 Å². The summed E-state index contributed by atoms with van der Waals surface area (Å²) in [6.07, 6.45) is 4.48. The number of ether oxygens (including phenoxy) is 1. The number of carbonyl (C=O) groups excluding carboxylic acids is 1. The van der Waals surface area contributed by atoms with Gasteiger partial charge in [0.15, 0.2) is 0 Å². The van der Waals surface area contributed by atoms with E-state index in [9.17, 15) is 4.79 Å². The first-order chi connectivity index (χ1) is 9.92. The molecule has 118 valence electrons. The summed E-state index contributed by atoms with van der Waals surface area (Å²) in [6.45, 7) is 4.79. The molecule has 2 nitrogen and oxygen atoms in total. The summed E-state index contributed by atoms with van der Waals surface area (Å²) < 4.78 is 8.64. The predicted molar refractivity (Wildman–Crippen MR) is 101 cm³/mol. The van der Waals surface area contributed by atoms with Crippen LogP contribution in [0.1, 0.15) is 49.9 Å². The largest absolute Gasteiger partial charge is 0.462 e. The summed E-state index contributed by atoms with van der Waals surface area (Å²) in [5.41, 5.74) is 0.516. The molecule has 1 aromatic carbocycles. The van der Waals surface area contributed by atoms with Crippen molar-refractivity contribution >= 4 is 69.7 Å². The highest BCUT2D eigenvalue weighted by Crippen LogP contribution is 2.39. The molecule has 0 N–H and O–H groups in total. The Morgan fingerprint density at radius 1 is 1.14 bits per heavy atom. The molecule has 1 aromatic rings. The molecule has 0 saturated heterocycles. The zero-order valence-electron chi connectivity index (χ0n) is 12.0. The maximum absolute atomic E-state index is 12.3. The number of unbranched alkanes of at least 4 members (excludes halogenated alkanes) is 1. The Bertz CT molecular complexity index is 503. The summed E-state index contributed by atoms with van der Waals surface area (Å²) in [7, 11) is 0. The molecule has 1 rings (SSSR count). The minimum Gasteiger partial charge on any atom is -0.462 e. The first-order valence-electron chi connectivity index (χ1n) is 6.92. The van der Waals surface area contributed by atoms with Crippen LogP contribution in [0.5, 0.6) is 0 Å². The molecule has 21 heavy (non-hydrogen) atoms. The van der Waals surface area contributed by atoms with E-state index >= 15 is 0 Å². The molecule has 6 heteroatoms. The molecule has 0 heterocycles. The fourth-order valence-corrected chi connectivity index (χ4v) is 4.06. The Morgan fingerprint density at radius 3 is 2.38 bits per heavy atom. The van der Waals surface area contributed by atoms with Gasteiger partial charge < -0.3 is 4.74 Å². The molecule has 1 atom stereocenters. The highest BCUT2D eigenvalue weighted by Gasteiger charge is 2.19. The van der Waals surface area contributed by atoms with Gasteiger partial charge in [0.25, 0.3) is 0 Å². The minimum absolute atomic E-state index is 0.300. The maximum atomic E-state index is 12.3. The van der Waals surface area contributed by atoms with Crippen LogP contribution < -0.4 is 0 Å². The molecule has 0 fully saturated rings. The third kappa shape index (κ3) is 5.63. The molecule has 0 spiro atoms. The highest BCUT2D eigenvalue weighted by molar-refractivity contribution is 9.15. The smallest absolute Gasteiger partial charge is 0.339 e. The third-order valence-corrected chi connectivity index (χ3v) is 7.98. The quantitative estimate of drug-likeness (QED) is 0.206. The first kappa shape index (κ1) is 19.7. The number of carbonyl (C=O) groups is 1. The Labute approximate surface area is 159 Å². The van der Waals surface area contributed by atoms with Gasteiger partial charge in [-0.05, 0) is 82.1 Å². The molecular weight excluding hydrogens is 532 g/mol. The lowest BCUT2D eigenvalue weighted by Gasteiger charge is -2.15. The average molecular weight is 550 g/mol. The van der Waals surface area contributed by atoms with Crippen molar-refractivity contribution in [2.45, 2.75) is 39.5 Å². The Morgan fingerprint density at radius 2 is 1.81 bits per heavy atom. The van der Waals surface area contributed by atoms with Gasteiger partial charge in [0, 0.05) is 17.9 Å². The molecular formula is C15H18Br4O2. The van der Waals surface area contributed by atoms with Gasteiger partial charge in [0.05, 0.1) is 12.2 Å². The fraction of sp³-hybridized carbons (Fsp3) is 0.533. The normalized spacial score (nSPS) is 12.3. The Hall–Kier alpha value is 0.610. The molecule has 0 amide bonds. The molecule has 0 aliphatic carbocycles. The molecule has 0 aromatic heterocycles. The number of hydrogen-bond acceptors (Lipinski definition) is 2. The summed E-state index contributed by atoms with van der Waals surface area (Å²) in [6, 6.07) is 1.76. The van der Waals surface area contributed by atoms with Gasteiger partial charge in [0.1, 0.15) is 0 Å². The van der Waals surface area contributed by atoms with Gasteiger partial charge in [-0.1, -0.05) is 33.1 Å². The van der Waals surface area contributed by atoms with Crippen LogP contribution in [-0.4, -0.2) is 12.6 Å². The van der Waals surface area contributed by atoms with Crippen LogP contribution in [0.4, 0.5) is 0 Å². The second-order valence-corrected chi connectivity index (χ2v) is 8.10. The monoisotopic (exact) mass is 546 g/mol. The van der Waals surface area contributed by atoms with Crippen LogP contribution in [0.3, 0.4) is 0 Å². The first-order valence-corrected chi connectivity index (χ1v) is 10.1. The van der Waals surface area contributed by atoms with Crippen LogP contribution in [0.25, 0.3) is 0 Å². The van der Waals surface area contributed by atoms with Crippen molar-refractivity contribution < 1.29 is 9.53 Å². The van der Waals surface area contributed by atoms with Gasteiger partial charge in [-0.3, -0.25) is 0 Å². The van der Waals surface area contributed by atoms with E-state index in [2.05, 4.69) is 77.6 Å². The Balaban J connectivity index is 2.76. The molecule has 0 radical (unpaired) electrons. The van der Waals surface area contributed by atoms with Crippen molar-refractivity contribution in [3.63, 3.8) is 0 Å². The summed E-state index contributed by atoms with van der Waals surface area (Å²) in [5.74, 6) is 0.140. The van der Waals surface area contributed by atoms with Crippen molar-refractivity contribution in [1.29, 1.82) is 0 Å². The summed E-state index contributed by atoms with van der Waals surface area (Å²) in [5, 5.41) is 0. The minimum atomic E-state index is -0.300. The molecule has 0 saturated carbocycles. The summed E-state index contributed by atoms with van der Waals surface area (Å²) in [4.78, 5) is 12.3. The second-order valence-electron chi connectivity index (χ2n) is 4.86. The van der Waals surface area contributed by atoms with Gasteiger partial charge in [0.2, 0.25) is 0 Å². The molecule has 0 aliphatic heterocycles. The maximum Gasteiger partial charge on any atom is 0.339 e.